The van der Waals surface area contributed by atoms with Crippen LogP contribution >= 0.6 is 39.1 Å². The predicted octanol–water partition coefficient (Wildman–Crippen LogP) is 4.99. The Bertz CT molecular complexity index is 649. The van der Waals surface area contributed by atoms with Crippen LogP contribution in [0.25, 0.3) is 0 Å². The molecule has 20 heavy (non-hydrogen) atoms. The van der Waals surface area contributed by atoms with Gasteiger partial charge < -0.3 is 10.4 Å². The number of rotatable bonds is 4. The number of hydrogen-bond acceptors (Lipinski definition) is 2. The van der Waals surface area contributed by atoms with Crippen LogP contribution in [0.3, 0.4) is 0 Å². The molecule has 0 saturated heterocycles. The van der Waals surface area contributed by atoms with Gasteiger partial charge in [-0.1, -0.05) is 57.3 Å². The van der Waals surface area contributed by atoms with Crippen molar-refractivity contribution in [3.8, 4) is 0 Å². The van der Waals surface area contributed by atoms with Crippen molar-refractivity contribution < 1.29 is 9.90 Å². The fourth-order valence-corrected chi connectivity index (χ4v) is 2.71. The van der Waals surface area contributed by atoms with E-state index in [1.54, 1.807) is 42.5 Å². The molecular weight excluding hydrogens is 365 g/mol. The Morgan fingerprint density at radius 1 is 1.15 bits per heavy atom. The number of hydrogen-bond donors (Lipinski definition) is 2. The van der Waals surface area contributed by atoms with E-state index in [1.807, 2.05) is 0 Å². The highest BCUT2D eigenvalue weighted by atomic mass is 79.9. The maximum atomic E-state index is 11.5. The van der Waals surface area contributed by atoms with Gasteiger partial charge in [0, 0.05) is 15.1 Å². The molecule has 0 spiro atoms. The van der Waals surface area contributed by atoms with E-state index >= 15 is 0 Å². The first-order valence-electron chi connectivity index (χ1n) is 5.68. The molecule has 0 aliphatic carbocycles. The number of carboxylic acid groups (broad SMARTS) is 1. The average Bonchev–Trinajstić information content (AvgIpc) is 2.38. The van der Waals surface area contributed by atoms with Gasteiger partial charge in [0.25, 0.3) is 0 Å². The number of benzene rings is 2. The molecule has 2 N–H and O–H groups in total. The van der Waals surface area contributed by atoms with Crippen molar-refractivity contribution in [3.63, 3.8) is 0 Å². The number of nitrogens with one attached hydrogen (secondary N) is 1. The van der Waals surface area contributed by atoms with Crippen LogP contribution in [-0.2, 0) is 4.79 Å². The maximum absolute atomic E-state index is 11.5. The quantitative estimate of drug-likeness (QED) is 0.792. The maximum Gasteiger partial charge on any atom is 0.330 e. The third-order valence-corrected chi connectivity index (χ3v) is 3.84. The summed E-state index contributed by atoms with van der Waals surface area (Å²) in [5, 5.41) is 13.1. The minimum atomic E-state index is -1.03. The highest BCUT2D eigenvalue weighted by molar-refractivity contribution is 9.10. The zero-order valence-electron chi connectivity index (χ0n) is 10.1. The fourth-order valence-electron chi connectivity index (χ4n) is 1.74. The topological polar surface area (TPSA) is 49.3 Å². The lowest BCUT2D eigenvalue weighted by atomic mass is 10.1. The lowest BCUT2D eigenvalue weighted by Gasteiger charge is -2.18. The summed E-state index contributed by atoms with van der Waals surface area (Å²) >= 11 is 15.4. The predicted molar refractivity (Wildman–Crippen MR) is 84.6 cm³/mol. The van der Waals surface area contributed by atoms with Gasteiger partial charge in [-0.15, -0.1) is 0 Å². The van der Waals surface area contributed by atoms with Crippen LogP contribution in [0, 0.1) is 0 Å². The van der Waals surface area contributed by atoms with E-state index in [9.17, 15) is 9.90 Å². The summed E-state index contributed by atoms with van der Waals surface area (Å²) in [6, 6.07) is 11.0. The molecule has 2 rings (SSSR count). The first-order valence-corrected chi connectivity index (χ1v) is 7.23. The normalized spacial score (nSPS) is 11.9. The molecule has 0 saturated carbocycles. The third kappa shape index (κ3) is 3.45. The molecule has 1 unspecified atom stereocenters. The summed E-state index contributed by atoms with van der Waals surface area (Å²) in [6.07, 6.45) is 0. The highest BCUT2D eigenvalue weighted by Gasteiger charge is 2.23. The van der Waals surface area contributed by atoms with E-state index in [-0.39, 0.29) is 0 Å². The number of halogens is 3. The molecule has 3 nitrogen and oxygen atoms in total. The van der Waals surface area contributed by atoms with Crippen molar-refractivity contribution in [2.24, 2.45) is 0 Å². The zero-order valence-corrected chi connectivity index (χ0v) is 13.2. The van der Waals surface area contributed by atoms with E-state index in [0.29, 0.717) is 21.3 Å². The summed E-state index contributed by atoms with van der Waals surface area (Å²) in [5.74, 6) is -1.03. The van der Waals surface area contributed by atoms with Gasteiger partial charge in [-0.25, -0.2) is 4.79 Å². The smallest absolute Gasteiger partial charge is 0.330 e. The standard InChI is InChI=1S/C14H10BrCl2NO2/c15-8-5-6-9(11(17)7-8)13(14(19)20)18-12-4-2-1-3-10(12)16/h1-7,13,18H,(H,19,20). The van der Waals surface area contributed by atoms with E-state index in [2.05, 4.69) is 21.2 Å². The van der Waals surface area contributed by atoms with Crippen molar-refractivity contribution >= 4 is 50.8 Å². The zero-order chi connectivity index (χ0) is 14.7. The largest absolute Gasteiger partial charge is 0.479 e. The molecule has 6 heteroatoms. The summed E-state index contributed by atoms with van der Waals surface area (Å²) in [6.45, 7) is 0. The molecule has 0 heterocycles. The number of carbonyl (C=O) groups is 1. The van der Waals surface area contributed by atoms with Gasteiger partial charge in [-0.3, -0.25) is 0 Å². The molecule has 0 amide bonds. The van der Waals surface area contributed by atoms with Gasteiger partial charge in [0.05, 0.1) is 10.7 Å². The second kappa shape index (κ2) is 6.48. The minimum absolute atomic E-state index is 0.367. The van der Waals surface area contributed by atoms with Crippen LogP contribution < -0.4 is 5.32 Å². The summed E-state index contributed by atoms with van der Waals surface area (Å²) < 4.78 is 0.785. The number of aliphatic carboxylic acids is 1. The summed E-state index contributed by atoms with van der Waals surface area (Å²) in [7, 11) is 0. The van der Waals surface area contributed by atoms with E-state index < -0.39 is 12.0 Å². The Hall–Kier alpha value is -1.23. The van der Waals surface area contributed by atoms with Crippen molar-refractivity contribution in [3.05, 3.63) is 62.5 Å². The molecule has 0 bridgehead atoms. The molecule has 2 aromatic rings. The minimum Gasteiger partial charge on any atom is -0.479 e. The monoisotopic (exact) mass is 373 g/mol. The number of para-hydroxylation sites is 1. The van der Waals surface area contributed by atoms with E-state index in [1.165, 1.54) is 0 Å². The molecule has 2 aromatic carbocycles. The lowest BCUT2D eigenvalue weighted by Crippen LogP contribution is -2.21. The third-order valence-electron chi connectivity index (χ3n) is 2.69. The van der Waals surface area contributed by atoms with Crippen LogP contribution in [0.4, 0.5) is 5.69 Å². The molecule has 0 fully saturated rings. The Kier molecular flexibility index (Phi) is 4.91. The Balaban J connectivity index is 2.37. The highest BCUT2D eigenvalue weighted by Crippen LogP contribution is 2.31. The summed E-state index contributed by atoms with van der Waals surface area (Å²) in [4.78, 5) is 11.5. The molecule has 1 atom stereocenters. The van der Waals surface area contributed by atoms with Crippen LogP contribution in [0.5, 0.6) is 0 Å². The Morgan fingerprint density at radius 2 is 1.85 bits per heavy atom. The van der Waals surface area contributed by atoms with Crippen LogP contribution in [0.15, 0.2) is 46.9 Å². The van der Waals surface area contributed by atoms with Crippen molar-refractivity contribution in [2.75, 3.05) is 5.32 Å². The molecular formula is C14H10BrCl2NO2. The van der Waals surface area contributed by atoms with Crippen LogP contribution in [0.1, 0.15) is 11.6 Å². The van der Waals surface area contributed by atoms with E-state index in [0.717, 1.165) is 4.47 Å². The van der Waals surface area contributed by atoms with Crippen molar-refractivity contribution in [1.29, 1.82) is 0 Å². The SMILES string of the molecule is O=C(O)C(Nc1ccccc1Cl)c1ccc(Br)cc1Cl. The van der Waals surface area contributed by atoms with Crippen LogP contribution in [0.2, 0.25) is 10.0 Å². The fraction of sp³-hybridized carbons (Fsp3) is 0.0714. The second-order valence-corrected chi connectivity index (χ2v) is 5.79. The van der Waals surface area contributed by atoms with Crippen molar-refractivity contribution in [1.82, 2.24) is 0 Å². The number of anilines is 1. The Labute approximate surface area is 134 Å². The molecule has 0 aromatic heterocycles. The van der Waals surface area contributed by atoms with Crippen molar-refractivity contribution in [2.45, 2.75) is 6.04 Å². The molecule has 0 aliphatic rings. The molecule has 0 aliphatic heterocycles. The van der Waals surface area contributed by atoms with E-state index in [4.69, 9.17) is 23.2 Å². The van der Waals surface area contributed by atoms with Gasteiger partial charge >= 0.3 is 5.97 Å². The lowest BCUT2D eigenvalue weighted by molar-refractivity contribution is -0.138. The van der Waals surface area contributed by atoms with Gasteiger partial charge in [0.2, 0.25) is 0 Å². The second-order valence-electron chi connectivity index (χ2n) is 4.06. The molecule has 104 valence electrons. The summed E-state index contributed by atoms with van der Waals surface area (Å²) in [5.41, 5.74) is 1.02. The average molecular weight is 375 g/mol. The van der Waals surface area contributed by atoms with Gasteiger partial charge in [0.15, 0.2) is 6.04 Å². The number of carboxylic acids is 1. The first kappa shape index (κ1) is 15.2. The molecule has 0 radical (unpaired) electrons. The van der Waals surface area contributed by atoms with Gasteiger partial charge in [-0.2, -0.15) is 0 Å². The Morgan fingerprint density at radius 3 is 2.45 bits per heavy atom. The van der Waals surface area contributed by atoms with Crippen LogP contribution in [-0.4, -0.2) is 11.1 Å². The van der Waals surface area contributed by atoms with Gasteiger partial charge in [-0.05, 0) is 24.3 Å². The van der Waals surface area contributed by atoms with Gasteiger partial charge in [0.1, 0.15) is 0 Å². The first-order chi connectivity index (χ1) is 9.49.